The normalized spacial score (nSPS) is 18.9. The van der Waals surface area contributed by atoms with Crippen molar-refractivity contribution in [3.05, 3.63) is 69.7 Å². The van der Waals surface area contributed by atoms with E-state index in [2.05, 4.69) is 5.48 Å². The topological polar surface area (TPSA) is 58.6 Å². The minimum absolute atomic E-state index is 0.0166. The van der Waals surface area contributed by atoms with Crippen molar-refractivity contribution in [2.45, 2.75) is 50.6 Å². The summed E-state index contributed by atoms with van der Waals surface area (Å²) in [6.45, 7) is 1.22. The third-order valence-electron chi connectivity index (χ3n) is 5.57. The van der Waals surface area contributed by atoms with Crippen molar-refractivity contribution in [1.29, 1.82) is 0 Å². The van der Waals surface area contributed by atoms with E-state index in [1.807, 2.05) is 0 Å². The van der Waals surface area contributed by atoms with Crippen LogP contribution >= 0.6 is 11.6 Å². The predicted octanol–water partition coefficient (Wildman–Crippen LogP) is 5.66. The van der Waals surface area contributed by atoms with Gasteiger partial charge in [0, 0.05) is 36.1 Å². The maximum absolute atomic E-state index is 13.3. The molecule has 0 radical (unpaired) electrons. The van der Waals surface area contributed by atoms with Gasteiger partial charge in [0.15, 0.2) is 0 Å². The molecule has 3 rings (SSSR count). The van der Waals surface area contributed by atoms with Crippen LogP contribution in [0.1, 0.15) is 46.8 Å². The first-order valence-corrected chi connectivity index (χ1v) is 10.9. The molecule has 5 nitrogen and oxygen atoms in total. The molecular formula is C23H21ClF6N2O3. The summed E-state index contributed by atoms with van der Waals surface area (Å²) in [4.78, 5) is 30.5. The lowest BCUT2D eigenvalue weighted by Gasteiger charge is -2.39. The zero-order valence-electron chi connectivity index (χ0n) is 18.3. The molecule has 0 aliphatic carbocycles. The van der Waals surface area contributed by atoms with Gasteiger partial charge in [-0.2, -0.15) is 26.3 Å². The van der Waals surface area contributed by atoms with Crippen LogP contribution in [-0.4, -0.2) is 35.4 Å². The van der Waals surface area contributed by atoms with Gasteiger partial charge >= 0.3 is 18.3 Å². The lowest BCUT2D eigenvalue weighted by Crippen LogP contribution is -2.52. The van der Waals surface area contributed by atoms with E-state index >= 15 is 0 Å². The molecule has 1 aliphatic rings. The van der Waals surface area contributed by atoms with Gasteiger partial charge in [0.2, 0.25) is 0 Å². The smallest absolute Gasteiger partial charge is 0.371 e. The van der Waals surface area contributed by atoms with Gasteiger partial charge in [0.1, 0.15) is 0 Å². The quantitative estimate of drug-likeness (QED) is 0.407. The molecule has 1 amide bonds. The van der Waals surface area contributed by atoms with Crippen LogP contribution in [0.15, 0.2) is 42.5 Å². The third-order valence-corrected chi connectivity index (χ3v) is 5.82. The van der Waals surface area contributed by atoms with Crippen LogP contribution < -0.4 is 5.48 Å². The fourth-order valence-corrected chi connectivity index (χ4v) is 4.05. The maximum atomic E-state index is 13.3. The van der Waals surface area contributed by atoms with Crippen LogP contribution in [0.25, 0.3) is 0 Å². The van der Waals surface area contributed by atoms with E-state index in [4.69, 9.17) is 16.4 Å². The van der Waals surface area contributed by atoms with Gasteiger partial charge < -0.3 is 9.74 Å². The minimum Gasteiger partial charge on any atom is -0.371 e. The monoisotopic (exact) mass is 522 g/mol. The van der Waals surface area contributed by atoms with E-state index in [1.165, 1.54) is 11.8 Å². The van der Waals surface area contributed by atoms with Crippen LogP contribution in [0.5, 0.6) is 0 Å². The molecule has 2 aromatic carbocycles. The van der Waals surface area contributed by atoms with E-state index in [-0.39, 0.29) is 37.9 Å². The van der Waals surface area contributed by atoms with Gasteiger partial charge in [0.05, 0.1) is 11.1 Å². The minimum atomic E-state index is -5.07. The lowest BCUT2D eigenvalue weighted by atomic mass is 9.91. The number of nitrogens with one attached hydrogen (secondary N) is 1. The van der Waals surface area contributed by atoms with Crippen molar-refractivity contribution < 1.29 is 40.8 Å². The van der Waals surface area contributed by atoms with Crippen LogP contribution in [-0.2, 0) is 28.4 Å². The molecule has 0 bridgehead atoms. The number of piperidine rings is 1. The Kier molecular flexibility index (Phi) is 8.00. The Morgan fingerprint density at radius 1 is 1.03 bits per heavy atom. The van der Waals surface area contributed by atoms with Gasteiger partial charge in [-0.25, -0.2) is 0 Å². The summed E-state index contributed by atoms with van der Waals surface area (Å²) in [5.41, 5.74) is -0.475. The number of nitrogens with zero attached hydrogens (tertiary/aromatic N) is 1. The second-order valence-electron chi connectivity index (χ2n) is 8.21. The third kappa shape index (κ3) is 7.11. The van der Waals surface area contributed by atoms with Crippen LogP contribution in [0.2, 0.25) is 5.02 Å². The number of alkyl halides is 6. The number of hydroxylamine groups is 1. The van der Waals surface area contributed by atoms with E-state index in [0.29, 0.717) is 17.2 Å². The number of amides is 1. The zero-order chi connectivity index (χ0) is 26.0. The molecule has 0 spiro atoms. The Morgan fingerprint density at radius 2 is 1.60 bits per heavy atom. The number of hydrogen-bond acceptors (Lipinski definition) is 4. The molecule has 2 unspecified atom stereocenters. The van der Waals surface area contributed by atoms with Gasteiger partial charge in [-0.1, -0.05) is 23.7 Å². The highest BCUT2D eigenvalue weighted by molar-refractivity contribution is 6.30. The number of carbonyl (C=O) groups is 2. The van der Waals surface area contributed by atoms with E-state index < -0.39 is 47.0 Å². The Hall–Kier alpha value is -2.79. The number of hydrogen-bond donors (Lipinski definition) is 1. The van der Waals surface area contributed by atoms with Gasteiger partial charge in [-0.05, 0) is 55.2 Å². The number of rotatable bonds is 5. The van der Waals surface area contributed by atoms with Gasteiger partial charge in [-0.15, -0.1) is 5.48 Å². The van der Waals surface area contributed by atoms with E-state index in [9.17, 15) is 35.9 Å². The van der Waals surface area contributed by atoms with Crippen molar-refractivity contribution in [2.24, 2.45) is 0 Å². The summed E-state index contributed by atoms with van der Waals surface area (Å²) in [5, 5.41) is 0.475. The number of likely N-dealkylation sites (tertiary alicyclic amines) is 1. The molecule has 1 heterocycles. The van der Waals surface area contributed by atoms with Crippen molar-refractivity contribution in [1.82, 2.24) is 10.4 Å². The summed E-state index contributed by atoms with van der Waals surface area (Å²) in [6.07, 6.45) is -9.37. The van der Waals surface area contributed by atoms with Crippen molar-refractivity contribution in [3.63, 3.8) is 0 Å². The van der Waals surface area contributed by atoms with Crippen molar-refractivity contribution >= 4 is 23.5 Å². The SMILES string of the molecule is CC(=O)ONC1CCN(C(=O)c2cc(C(F)(F)F)cc(C(F)(F)F)c2)C(Cc2ccc(Cl)cc2)C1. The molecule has 0 aromatic heterocycles. The highest BCUT2D eigenvalue weighted by atomic mass is 35.5. The summed E-state index contributed by atoms with van der Waals surface area (Å²) < 4.78 is 79.7. The van der Waals surface area contributed by atoms with E-state index in [0.717, 1.165) is 5.56 Å². The largest absolute Gasteiger partial charge is 0.416 e. The molecule has 2 atom stereocenters. The number of halogens is 7. The Balaban J connectivity index is 1.94. The molecule has 190 valence electrons. The average Bonchev–Trinajstić information content (AvgIpc) is 2.77. The highest BCUT2D eigenvalue weighted by Crippen LogP contribution is 2.37. The van der Waals surface area contributed by atoms with Gasteiger partial charge in [0.25, 0.3) is 5.91 Å². The molecule has 0 saturated carbocycles. The second-order valence-corrected chi connectivity index (χ2v) is 8.65. The fourth-order valence-electron chi connectivity index (χ4n) is 3.92. The summed E-state index contributed by atoms with van der Waals surface area (Å²) in [6, 6.07) is 6.55. The molecule has 1 aliphatic heterocycles. The summed E-state index contributed by atoms with van der Waals surface area (Å²) in [5.74, 6) is -1.53. The molecule has 2 aromatic rings. The van der Waals surface area contributed by atoms with Crippen molar-refractivity contribution in [2.75, 3.05) is 6.54 Å². The van der Waals surface area contributed by atoms with Crippen LogP contribution in [0, 0.1) is 0 Å². The first-order chi connectivity index (χ1) is 16.2. The first-order valence-electron chi connectivity index (χ1n) is 10.5. The Bertz CT molecular complexity index is 1040. The molecule has 1 saturated heterocycles. The molecule has 1 N–H and O–H groups in total. The fraction of sp³-hybridized carbons (Fsp3) is 0.391. The Labute approximate surface area is 201 Å². The first kappa shape index (κ1) is 26.8. The average molecular weight is 523 g/mol. The van der Waals surface area contributed by atoms with Gasteiger partial charge in [-0.3, -0.25) is 9.59 Å². The molecule has 35 heavy (non-hydrogen) atoms. The van der Waals surface area contributed by atoms with Crippen LogP contribution in [0.3, 0.4) is 0 Å². The van der Waals surface area contributed by atoms with Crippen LogP contribution in [0.4, 0.5) is 26.3 Å². The predicted molar refractivity (Wildman–Crippen MR) is 114 cm³/mol. The standard InChI is InChI=1S/C23H21ClF6N2O3/c1-13(33)35-31-19-6-7-32(20(12-19)8-14-2-4-18(24)5-3-14)21(34)15-9-16(22(25,26)27)11-17(10-15)23(28,29)30/h2-5,9-11,19-20,31H,6-8,12H2,1H3. The molecule has 1 fully saturated rings. The summed E-state index contributed by atoms with van der Waals surface area (Å²) in [7, 11) is 0. The summed E-state index contributed by atoms with van der Waals surface area (Å²) >= 11 is 5.90. The molecular weight excluding hydrogens is 502 g/mol. The number of benzene rings is 2. The molecule has 12 heteroatoms. The lowest BCUT2D eigenvalue weighted by molar-refractivity contribution is -0.151. The highest BCUT2D eigenvalue weighted by Gasteiger charge is 2.39. The Morgan fingerprint density at radius 3 is 2.11 bits per heavy atom. The second kappa shape index (κ2) is 10.4. The number of carbonyl (C=O) groups excluding carboxylic acids is 2. The van der Waals surface area contributed by atoms with E-state index in [1.54, 1.807) is 24.3 Å². The zero-order valence-corrected chi connectivity index (χ0v) is 19.1. The maximum Gasteiger partial charge on any atom is 0.416 e. The van der Waals surface area contributed by atoms with Crippen molar-refractivity contribution in [3.8, 4) is 0 Å².